The second-order valence-electron chi connectivity index (χ2n) is 6.29. The first-order valence-electron chi connectivity index (χ1n) is 8.03. The fourth-order valence-corrected chi connectivity index (χ4v) is 3.29. The van der Waals surface area contributed by atoms with Crippen LogP contribution in [0.2, 0.25) is 0 Å². The number of nitrogens with one attached hydrogen (secondary N) is 1. The molecule has 0 saturated heterocycles. The molecule has 2 rings (SSSR count). The molecule has 1 N–H and O–H groups in total. The number of hydrogen-bond acceptors (Lipinski definition) is 3. The van der Waals surface area contributed by atoms with Gasteiger partial charge >= 0.3 is 5.97 Å². The topological polar surface area (TPSA) is 38.3 Å². The average Bonchev–Trinajstić information content (AvgIpc) is 2.49. The van der Waals surface area contributed by atoms with Crippen molar-refractivity contribution < 1.29 is 9.53 Å². The van der Waals surface area contributed by atoms with E-state index in [-0.39, 0.29) is 5.97 Å². The fourth-order valence-electron chi connectivity index (χ4n) is 3.29. The molecule has 1 saturated carbocycles. The summed E-state index contributed by atoms with van der Waals surface area (Å²) in [6.07, 6.45) is 5.80. The molecule has 1 aliphatic carbocycles. The van der Waals surface area contributed by atoms with Crippen molar-refractivity contribution in [3.8, 4) is 0 Å². The predicted molar refractivity (Wildman–Crippen MR) is 85.0 cm³/mol. The molecule has 0 aromatic heterocycles. The summed E-state index contributed by atoms with van der Waals surface area (Å²) in [5.41, 5.74) is 2.26. The third kappa shape index (κ3) is 5.16. The van der Waals surface area contributed by atoms with Gasteiger partial charge in [0, 0.05) is 6.54 Å². The van der Waals surface area contributed by atoms with E-state index in [0.717, 1.165) is 30.5 Å². The molecular formula is C18H27NO2. The van der Waals surface area contributed by atoms with Gasteiger partial charge < -0.3 is 10.1 Å². The number of benzene rings is 1. The van der Waals surface area contributed by atoms with Crippen LogP contribution in [0, 0.1) is 11.8 Å². The molecule has 0 radical (unpaired) electrons. The largest absolute Gasteiger partial charge is 0.469 e. The van der Waals surface area contributed by atoms with Gasteiger partial charge in [-0.2, -0.15) is 0 Å². The highest BCUT2D eigenvalue weighted by atomic mass is 16.5. The van der Waals surface area contributed by atoms with E-state index < -0.39 is 0 Å². The lowest BCUT2D eigenvalue weighted by Gasteiger charge is -2.27. The summed E-state index contributed by atoms with van der Waals surface area (Å²) in [5, 5.41) is 3.57. The van der Waals surface area contributed by atoms with Gasteiger partial charge in [0.15, 0.2) is 0 Å². The van der Waals surface area contributed by atoms with Crippen molar-refractivity contribution >= 4 is 5.97 Å². The Morgan fingerprint density at radius 3 is 2.76 bits per heavy atom. The van der Waals surface area contributed by atoms with E-state index in [2.05, 4.69) is 18.3 Å². The average molecular weight is 289 g/mol. The van der Waals surface area contributed by atoms with E-state index in [1.165, 1.54) is 38.4 Å². The van der Waals surface area contributed by atoms with Gasteiger partial charge in [-0.25, -0.2) is 0 Å². The van der Waals surface area contributed by atoms with Crippen LogP contribution < -0.4 is 5.32 Å². The van der Waals surface area contributed by atoms with Crippen molar-refractivity contribution in [3.63, 3.8) is 0 Å². The first-order chi connectivity index (χ1) is 10.2. The first-order valence-corrected chi connectivity index (χ1v) is 8.03. The third-order valence-electron chi connectivity index (χ3n) is 4.47. The molecule has 2 atom stereocenters. The maximum absolute atomic E-state index is 11.4. The highest BCUT2D eigenvalue weighted by Crippen LogP contribution is 2.28. The van der Waals surface area contributed by atoms with Gasteiger partial charge in [0.2, 0.25) is 0 Å². The summed E-state index contributed by atoms with van der Waals surface area (Å²) in [6.45, 7) is 4.27. The van der Waals surface area contributed by atoms with Crippen LogP contribution in [0.1, 0.15) is 43.7 Å². The number of methoxy groups -OCH3 is 1. The van der Waals surface area contributed by atoms with E-state index >= 15 is 0 Å². The molecule has 1 fully saturated rings. The Morgan fingerprint density at radius 2 is 2.05 bits per heavy atom. The summed E-state index contributed by atoms with van der Waals surface area (Å²) < 4.78 is 4.76. The summed E-state index contributed by atoms with van der Waals surface area (Å²) in [4.78, 5) is 11.4. The van der Waals surface area contributed by atoms with Gasteiger partial charge in [0.05, 0.1) is 13.5 Å². The molecular weight excluding hydrogens is 262 g/mol. The van der Waals surface area contributed by atoms with Crippen LogP contribution in [-0.4, -0.2) is 19.6 Å². The van der Waals surface area contributed by atoms with Crippen LogP contribution in [0.25, 0.3) is 0 Å². The standard InChI is InChI=1S/C18H27NO2/c1-14-6-5-7-15(10-14)12-19-13-17-9-4-3-8-16(17)11-18(20)21-2/h3-4,8-9,14-15,19H,5-7,10-13H2,1-2H3. The van der Waals surface area contributed by atoms with Crippen LogP contribution in [0.15, 0.2) is 24.3 Å². The lowest BCUT2D eigenvalue weighted by molar-refractivity contribution is -0.139. The van der Waals surface area contributed by atoms with Crippen molar-refractivity contribution in [1.82, 2.24) is 5.32 Å². The molecule has 2 unspecified atom stereocenters. The summed E-state index contributed by atoms with van der Waals surface area (Å²) >= 11 is 0. The summed E-state index contributed by atoms with van der Waals surface area (Å²) in [5.74, 6) is 1.50. The van der Waals surface area contributed by atoms with Crippen molar-refractivity contribution in [3.05, 3.63) is 35.4 Å². The van der Waals surface area contributed by atoms with Gasteiger partial charge in [0.1, 0.15) is 0 Å². The van der Waals surface area contributed by atoms with Crippen LogP contribution in [-0.2, 0) is 22.5 Å². The van der Waals surface area contributed by atoms with Crippen molar-refractivity contribution in [2.24, 2.45) is 11.8 Å². The molecule has 0 aliphatic heterocycles. The maximum atomic E-state index is 11.4. The van der Waals surface area contributed by atoms with Crippen molar-refractivity contribution in [2.45, 2.75) is 45.6 Å². The fraction of sp³-hybridized carbons (Fsp3) is 0.611. The Hall–Kier alpha value is -1.35. The Morgan fingerprint density at radius 1 is 1.29 bits per heavy atom. The summed E-state index contributed by atoms with van der Waals surface area (Å²) in [6, 6.07) is 8.11. The van der Waals surface area contributed by atoms with Gasteiger partial charge in [-0.05, 0) is 42.3 Å². The summed E-state index contributed by atoms with van der Waals surface area (Å²) in [7, 11) is 1.44. The minimum absolute atomic E-state index is 0.177. The van der Waals surface area contributed by atoms with E-state index in [4.69, 9.17) is 4.74 Å². The molecule has 0 amide bonds. The Balaban J connectivity index is 1.83. The number of carbonyl (C=O) groups excluding carboxylic acids is 1. The zero-order chi connectivity index (χ0) is 15.1. The Kier molecular flexibility index (Phi) is 6.24. The highest BCUT2D eigenvalue weighted by molar-refractivity contribution is 5.72. The van der Waals surface area contributed by atoms with E-state index in [1.54, 1.807) is 0 Å². The van der Waals surface area contributed by atoms with Gasteiger partial charge in [-0.1, -0.05) is 44.0 Å². The minimum atomic E-state index is -0.177. The van der Waals surface area contributed by atoms with Crippen LogP contribution in [0.4, 0.5) is 0 Å². The van der Waals surface area contributed by atoms with Crippen molar-refractivity contribution in [2.75, 3.05) is 13.7 Å². The van der Waals surface area contributed by atoms with Gasteiger partial charge in [-0.15, -0.1) is 0 Å². The second kappa shape index (κ2) is 8.18. The quantitative estimate of drug-likeness (QED) is 0.816. The molecule has 0 heterocycles. The van der Waals surface area contributed by atoms with Crippen LogP contribution in [0.3, 0.4) is 0 Å². The monoisotopic (exact) mass is 289 g/mol. The van der Waals surface area contributed by atoms with Crippen molar-refractivity contribution in [1.29, 1.82) is 0 Å². The van der Waals surface area contributed by atoms with E-state index in [9.17, 15) is 4.79 Å². The number of rotatable bonds is 6. The smallest absolute Gasteiger partial charge is 0.309 e. The first kappa shape index (κ1) is 16.0. The number of hydrogen-bond donors (Lipinski definition) is 1. The SMILES string of the molecule is COC(=O)Cc1ccccc1CNCC1CCCC(C)C1. The Labute approximate surface area is 128 Å². The van der Waals surface area contributed by atoms with Crippen LogP contribution in [0.5, 0.6) is 0 Å². The number of carbonyl (C=O) groups is 1. The highest BCUT2D eigenvalue weighted by Gasteiger charge is 2.18. The predicted octanol–water partition coefficient (Wildman–Crippen LogP) is 3.32. The lowest BCUT2D eigenvalue weighted by Crippen LogP contribution is -2.26. The number of ether oxygens (including phenoxy) is 1. The second-order valence-corrected chi connectivity index (χ2v) is 6.29. The maximum Gasteiger partial charge on any atom is 0.309 e. The van der Waals surface area contributed by atoms with E-state index in [1.807, 2.05) is 18.2 Å². The molecule has 3 heteroatoms. The lowest BCUT2D eigenvalue weighted by atomic mass is 9.82. The van der Waals surface area contributed by atoms with Gasteiger partial charge in [0.25, 0.3) is 0 Å². The van der Waals surface area contributed by atoms with Gasteiger partial charge in [-0.3, -0.25) is 4.79 Å². The van der Waals surface area contributed by atoms with E-state index in [0.29, 0.717) is 6.42 Å². The molecule has 3 nitrogen and oxygen atoms in total. The molecule has 116 valence electrons. The number of esters is 1. The molecule has 1 aromatic carbocycles. The van der Waals surface area contributed by atoms with Crippen LogP contribution >= 0.6 is 0 Å². The zero-order valence-electron chi connectivity index (χ0n) is 13.2. The molecule has 21 heavy (non-hydrogen) atoms. The zero-order valence-corrected chi connectivity index (χ0v) is 13.2. The molecule has 0 bridgehead atoms. The molecule has 0 spiro atoms. The minimum Gasteiger partial charge on any atom is -0.469 e. The third-order valence-corrected chi connectivity index (χ3v) is 4.47. The normalized spacial score (nSPS) is 22.0. The Bertz CT molecular complexity index is 458. The molecule has 1 aromatic rings. The molecule has 1 aliphatic rings.